The van der Waals surface area contributed by atoms with Gasteiger partial charge >= 0.3 is 6.18 Å². The van der Waals surface area contributed by atoms with Crippen molar-refractivity contribution in [2.75, 3.05) is 13.6 Å². The summed E-state index contributed by atoms with van der Waals surface area (Å²) in [5.41, 5.74) is -1.77. The lowest BCUT2D eigenvalue weighted by atomic mass is 10.1. The summed E-state index contributed by atoms with van der Waals surface area (Å²) in [6.07, 6.45) is -3.92. The van der Waals surface area contributed by atoms with Gasteiger partial charge in [0.1, 0.15) is 6.04 Å². The highest BCUT2D eigenvalue weighted by atomic mass is 19.4. The minimum Gasteiger partial charge on any atom is -0.503 e. The predicted octanol–water partition coefficient (Wildman–Crippen LogP) is 0.328. The van der Waals surface area contributed by atoms with Gasteiger partial charge in [-0.3, -0.25) is 14.9 Å². The van der Waals surface area contributed by atoms with Crippen LogP contribution in [0.4, 0.5) is 13.2 Å². The maximum atomic E-state index is 12.9. The lowest BCUT2D eigenvalue weighted by Gasteiger charge is -2.21. The molecule has 112 valence electrons. The highest BCUT2D eigenvalue weighted by Gasteiger charge is 2.42. The Labute approximate surface area is 112 Å². The van der Waals surface area contributed by atoms with Gasteiger partial charge < -0.3 is 15.4 Å². The quantitative estimate of drug-likeness (QED) is 0.643. The van der Waals surface area contributed by atoms with E-state index in [-0.39, 0.29) is 5.69 Å². The van der Waals surface area contributed by atoms with Crippen molar-refractivity contribution in [2.45, 2.75) is 19.1 Å². The highest BCUT2D eigenvalue weighted by molar-refractivity contribution is 5.77. The molecule has 0 aliphatic carbocycles. The summed E-state index contributed by atoms with van der Waals surface area (Å²) in [4.78, 5) is 25.1. The first-order chi connectivity index (χ1) is 9.18. The van der Waals surface area contributed by atoms with Crippen molar-refractivity contribution in [3.8, 4) is 5.75 Å². The molecule has 1 atom stereocenters. The molecule has 0 aliphatic rings. The van der Waals surface area contributed by atoms with Gasteiger partial charge in [0.2, 0.25) is 11.3 Å². The number of rotatable bonds is 4. The van der Waals surface area contributed by atoms with Crippen LogP contribution >= 0.6 is 0 Å². The minimum absolute atomic E-state index is 0.0611. The van der Waals surface area contributed by atoms with E-state index < -0.39 is 41.4 Å². The zero-order valence-corrected chi connectivity index (χ0v) is 10.8. The summed E-state index contributed by atoms with van der Waals surface area (Å²) in [7, 11) is 1.27. The fourth-order valence-corrected chi connectivity index (χ4v) is 1.53. The van der Waals surface area contributed by atoms with E-state index in [2.05, 4.69) is 10.3 Å². The Kier molecular flexibility index (Phi) is 4.77. The molecule has 0 fully saturated rings. The maximum Gasteiger partial charge on any atom is 0.408 e. The Morgan fingerprint density at radius 3 is 2.60 bits per heavy atom. The summed E-state index contributed by atoms with van der Waals surface area (Å²) in [6.45, 7) is 0.732. The van der Waals surface area contributed by atoms with Crippen molar-refractivity contribution in [3.05, 3.63) is 27.7 Å². The third-order valence-electron chi connectivity index (χ3n) is 2.66. The topological polar surface area (TPSA) is 94.2 Å². The van der Waals surface area contributed by atoms with E-state index in [1.54, 1.807) is 0 Å². The Morgan fingerprint density at radius 2 is 2.10 bits per heavy atom. The van der Waals surface area contributed by atoms with Gasteiger partial charge in [0.15, 0.2) is 5.75 Å². The third-order valence-corrected chi connectivity index (χ3v) is 2.66. The van der Waals surface area contributed by atoms with Crippen LogP contribution in [-0.4, -0.2) is 35.8 Å². The predicted molar refractivity (Wildman–Crippen MR) is 64.3 cm³/mol. The number of carbonyl (C=O) groups excluding carboxylic acids is 1. The molecule has 9 heteroatoms. The van der Waals surface area contributed by atoms with Crippen LogP contribution in [0.15, 0.2) is 11.0 Å². The van der Waals surface area contributed by atoms with Gasteiger partial charge in [-0.25, -0.2) is 0 Å². The smallest absolute Gasteiger partial charge is 0.408 e. The Bertz CT molecular complexity index is 554. The molecule has 0 aromatic carbocycles. The Balaban J connectivity index is 3.16. The summed E-state index contributed by atoms with van der Waals surface area (Å²) >= 11 is 0. The normalized spacial score (nSPS) is 13.1. The van der Waals surface area contributed by atoms with Crippen LogP contribution in [0.5, 0.6) is 5.75 Å². The zero-order chi connectivity index (χ0) is 15.5. The second-order valence-corrected chi connectivity index (χ2v) is 4.08. The second-order valence-electron chi connectivity index (χ2n) is 4.08. The lowest BCUT2D eigenvalue weighted by Crippen LogP contribution is -2.42. The molecule has 20 heavy (non-hydrogen) atoms. The highest BCUT2D eigenvalue weighted by Crippen LogP contribution is 2.31. The zero-order valence-electron chi connectivity index (χ0n) is 10.8. The number of likely N-dealkylation sites (N-methyl/N-ethyl adjacent to an activating group) is 1. The SMILES string of the molecule is CNC(=O)CNC(c1c[nH]c(C)c(O)c1=O)C(F)(F)F. The van der Waals surface area contributed by atoms with Gasteiger partial charge in [0.25, 0.3) is 0 Å². The number of alkyl halides is 3. The summed E-state index contributed by atoms with van der Waals surface area (Å²) in [6, 6.07) is -2.35. The molecule has 1 amide bonds. The van der Waals surface area contributed by atoms with Crippen molar-refractivity contribution in [3.63, 3.8) is 0 Å². The maximum absolute atomic E-state index is 12.9. The fraction of sp³-hybridized carbons (Fsp3) is 0.455. The van der Waals surface area contributed by atoms with Crippen LogP contribution < -0.4 is 16.1 Å². The number of pyridine rings is 1. The van der Waals surface area contributed by atoms with E-state index in [0.29, 0.717) is 0 Å². The number of aryl methyl sites for hydroxylation is 1. The Hall–Kier alpha value is -2.03. The van der Waals surface area contributed by atoms with Crippen molar-refractivity contribution < 1.29 is 23.1 Å². The van der Waals surface area contributed by atoms with Gasteiger partial charge in [-0.2, -0.15) is 13.2 Å². The number of aromatic hydroxyl groups is 1. The molecule has 1 heterocycles. The van der Waals surface area contributed by atoms with Crippen LogP contribution in [0, 0.1) is 6.92 Å². The fourth-order valence-electron chi connectivity index (χ4n) is 1.53. The summed E-state index contributed by atoms with van der Waals surface area (Å²) < 4.78 is 38.8. The van der Waals surface area contributed by atoms with Gasteiger partial charge in [0.05, 0.1) is 12.2 Å². The molecular weight excluding hydrogens is 279 g/mol. The van der Waals surface area contributed by atoms with E-state index >= 15 is 0 Å². The minimum atomic E-state index is -4.79. The van der Waals surface area contributed by atoms with Crippen LogP contribution in [-0.2, 0) is 4.79 Å². The van der Waals surface area contributed by atoms with Crippen molar-refractivity contribution in [1.82, 2.24) is 15.6 Å². The number of carbonyl (C=O) groups is 1. The molecule has 0 radical (unpaired) electrons. The van der Waals surface area contributed by atoms with Gasteiger partial charge in [-0.1, -0.05) is 0 Å². The number of hydrogen-bond acceptors (Lipinski definition) is 4. The van der Waals surface area contributed by atoms with E-state index in [1.165, 1.54) is 14.0 Å². The first-order valence-electron chi connectivity index (χ1n) is 5.60. The number of aromatic amines is 1. The number of amides is 1. The van der Waals surface area contributed by atoms with E-state index in [9.17, 15) is 27.9 Å². The van der Waals surface area contributed by atoms with Gasteiger partial charge in [-0.15, -0.1) is 0 Å². The molecule has 1 aromatic rings. The van der Waals surface area contributed by atoms with Gasteiger partial charge in [0, 0.05) is 18.8 Å². The molecule has 0 saturated carbocycles. The van der Waals surface area contributed by atoms with Crippen LogP contribution in [0.25, 0.3) is 0 Å². The molecule has 1 unspecified atom stereocenters. The third kappa shape index (κ3) is 3.50. The molecule has 1 aromatic heterocycles. The number of hydrogen-bond donors (Lipinski definition) is 4. The van der Waals surface area contributed by atoms with Crippen LogP contribution in [0.2, 0.25) is 0 Å². The molecule has 0 spiro atoms. The average molecular weight is 293 g/mol. The molecule has 0 bridgehead atoms. The van der Waals surface area contributed by atoms with E-state index in [0.717, 1.165) is 6.20 Å². The standard InChI is InChI=1S/C11H14F3N3O3/c1-5-8(19)9(20)6(3-16-5)10(11(12,13)14)17-4-7(18)15-2/h3,10,17,19H,4H2,1-2H3,(H,15,18)(H,16,20). The average Bonchev–Trinajstić information content (AvgIpc) is 2.36. The summed E-state index contributed by atoms with van der Waals surface area (Å²) in [5.74, 6) is -1.44. The van der Waals surface area contributed by atoms with E-state index in [4.69, 9.17) is 0 Å². The number of aromatic nitrogens is 1. The largest absolute Gasteiger partial charge is 0.503 e. The van der Waals surface area contributed by atoms with Gasteiger partial charge in [-0.05, 0) is 6.92 Å². The van der Waals surface area contributed by atoms with Crippen LogP contribution in [0.1, 0.15) is 17.3 Å². The molecule has 1 rings (SSSR count). The monoisotopic (exact) mass is 293 g/mol. The molecule has 0 saturated heterocycles. The van der Waals surface area contributed by atoms with Crippen molar-refractivity contribution in [2.24, 2.45) is 0 Å². The molecule has 0 aliphatic heterocycles. The number of nitrogens with one attached hydrogen (secondary N) is 3. The Morgan fingerprint density at radius 1 is 1.50 bits per heavy atom. The first-order valence-corrected chi connectivity index (χ1v) is 5.60. The summed E-state index contributed by atoms with van der Waals surface area (Å²) in [5, 5.41) is 13.5. The van der Waals surface area contributed by atoms with Crippen LogP contribution in [0.3, 0.4) is 0 Å². The first kappa shape index (κ1) is 16.0. The number of H-pyrrole nitrogens is 1. The second kappa shape index (κ2) is 5.95. The molecule has 4 N–H and O–H groups in total. The van der Waals surface area contributed by atoms with E-state index in [1.807, 2.05) is 5.32 Å². The van der Waals surface area contributed by atoms with Crippen molar-refractivity contribution in [1.29, 1.82) is 0 Å². The number of halogens is 3. The lowest BCUT2D eigenvalue weighted by molar-refractivity contribution is -0.158. The molecular formula is C11H14F3N3O3. The van der Waals surface area contributed by atoms with Crippen molar-refractivity contribution >= 4 is 5.91 Å². The molecule has 6 nitrogen and oxygen atoms in total.